The van der Waals surface area contributed by atoms with Gasteiger partial charge in [-0.3, -0.25) is 14.9 Å². The third kappa shape index (κ3) is 6.02. The molecule has 0 aliphatic heterocycles. The van der Waals surface area contributed by atoms with Crippen LogP contribution in [0, 0.1) is 10.1 Å². The minimum absolute atomic E-state index is 0.0498. The van der Waals surface area contributed by atoms with E-state index in [1.54, 1.807) is 6.07 Å². The van der Waals surface area contributed by atoms with E-state index >= 15 is 0 Å². The van der Waals surface area contributed by atoms with Gasteiger partial charge < -0.3 is 15.4 Å². The van der Waals surface area contributed by atoms with Crippen LogP contribution in [0.1, 0.15) is 22.8 Å². The number of esters is 1. The fraction of sp³-hybridized carbons (Fsp3) is 0.136. The minimum atomic E-state index is -1.16. The molecule has 1 heterocycles. The Morgan fingerprint density at radius 3 is 2.56 bits per heavy atom. The molecule has 0 aliphatic rings. The van der Waals surface area contributed by atoms with Gasteiger partial charge in [0.05, 0.1) is 15.5 Å². The lowest BCUT2D eigenvalue weighted by molar-refractivity contribution is -0.384. The fourth-order valence-corrected chi connectivity index (χ4v) is 2.82. The molecule has 1 amide bonds. The number of nitro groups is 1. The van der Waals surface area contributed by atoms with Crippen LogP contribution in [-0.4, -0.2) is 27.9 Å². The maximum Gasteiger partial charge on any atom is 0.339 e. The molecule has 2 aromatic carbocycles. The number of benzene rings is 2. The Morgan fingerprint density at radius 2 is 1.91 bits per heavy atom. The number of nitro benzene ring substituents is 1. The number of nitrogens with zero attached hydrogens (tertiary/aromatic N) is 2. The second kappa shape index (κ2) is 10.4. The van der Waals surface area contributed by atoms with Crippen LogP contribution in [-0.2, 0) is 16.1 Å². The van der Waals surface area contributed by atoms with Gasteiger partial charge in [0.15, 0.2) is 6.10 Å². The summed E-state index contributed by atoms with van der Waals surface area (Å²) in [5.41, 5.74) is 0.874. The number of rotatable bonds is 8. The van der Waals surface area contributed by atoms with Gasteiger partial charge in [0.25, 0.3) is 11.6 Å². The SMILES string of the molecule is CC(OC(=O)c1ccc(NCc2ccccc2)c([N+](=O)[O-])c1)C(=O)Nc1ccc(Cl)cn1. The Morgan fingerprint density at radius 1 is 1.16 bits per heavy atom. The Hall–Kier alpha value is -3.98. The molecule has 0 fully saturated rings. The molecule has 2 N–H and O–H groups in total. The highest BCUT2D eigenvalue weighted by Gasteiger charge is 2.22. The summed E-state index contributed by atoms with van der Waals surface area (Å²) >= 11 is 5.75. The smallest absolute Gasteiger partial charge is 0.339 e. The Kier molecular flexibility index (Phi) is 7.35. The van der Waals surface area contributed by atoms with Crippen molar-refractivity contribution in [2.75, 3.05) is 10.6 Å². The van der Waals surface area contributed by atoms with Crippen molar-refractivity contribution < 1.29 is 19.2 Å². The number of carbonyl (C=O) groups is 2. The summed E-state index contributed by atoms with van der Waals surface area (Å²) in [4.78, 5) is 39.5. The standard InChI is InChI=1S/C22H19ClN4O5/c1-14(21(28)26-20-10-8-17(23)13-25-20)32-22(29)16-7-9-18(19(11-16)27(30)31)24-12-15-5-3-2-4-6-15/h2-11,13-14,24H,12H2,1H3,(H,25,26,28). The third-order valence-electron chi connectivity index (χ3n) is 4.39. The lowest BCUT2D eigenvalue weighted by Crippen LogP contribution is -2.30. The Bertz CT molecular complexity index is 1120. The highest BCUT2D eigenvalue weighted by molar-refractivity contribution is 6.30. The monoisotopic (exact) mass is 454 g/mol. The average Bonchev–Trinajstić information content (AvgIpc) is 2.79. The van der Waals surface area contributed by atoms with E-state index in [2.05, 4.69) is 15.6 Å². The predicted octanol–water partition coefficient (Wildman–Crippen LogP) is 4.44. The molecule has 1 unspecified atom stereocenters. The van der Waals surface area contributed by atoms with Crippen molar-refractivity contribution in [3.63, 3.8) is 0 Å². The first-order chi connectivity index (χ1) is 15.3. The maximum absolute atomic E-state index is 12.4. The summed E-state index contributed by atoms with van der Waals surface area (Å²) in [5.74, 6) is -1.23. The van der Waals surface area contributed by atoms with E-state index < -0.39 is 22.9 Å². The molecular formula is C22H19ClN4O5. The van der Waals surface area contributed by atoms with Crippen LogP contribution in [0.15, 0.2) is 66.9 Å². The fourth-order valence-electron chi connectivity index (χ4n) is 2.71. The number of aromatic nitrogens is 1. The van der Waals surface area contributed by atoms with Crippen LogP contribution in [0.4, 0.5) is 17.2 Å². The van der Waals surface area contributed by atoms with Gasteiger partial charge in [-0.05, 0) is 36.8 Å². The molecule has 3 rings (SSSR count). The van der Waals surface area contributed by atoms with Crippen molar-refractivity contribution in [2.45, 2.75) is 19.6 Å². The first-order valence-electron chi connectivity index (χ1n) is 9.53. The molecule has 1 atom stereocenters. The lowest BCUT2D eigenvalue weighted by atomic mass is 10.1. The van der Waals surface area contributed by atoms with Crippen molar-refractivity contribution >= 4 is 40.7 Å². The summed E-state index contributed by atoms with van der Waals surface area (Å²) in [6, 6.07) is 16.4. The second-order valence-electron chi connectivity index (χ2n) is 6.73. The van der Waals surface area contributed by atoms with Gasteiger partial charge in [-0.15, -0.1) is 0 Å². The molecular weight excluding hydrogens is 436 g/mol. The summed E-state index contributed by atoms with van der Waals surface area (Å²) in [5, 5.41) is 17.4. The second-order valence-corrected chi connectivity index (χ2v) is 7.16. The van der Waals surface area contributed by atoms with Crippen LogP contribution < -0.4 is 10.6 Å². The van der Waals surface area contributed by atoms with E-state index in [1.165, 1.54) is 31.3 Å². The van der Waals surface area contributed by atoms with Gasteiger partial charge in [-0.25, -0.2) is 9.78 Å². The number of anilines is 2. The Labute approximate surface area is 188 Å². The van der Waals surface area contributed by atoms with Crippen molar-refractivity contribution in [3.8, 4) is 0 Å². The molecule has 10 heteroatoms. The largest absolute Gasteiger partial charge is 0.449 e. The first-order valence-corrected chi connectivity index (χ1v) is 9.91. The minimum Gasteiger partial charge on any atom is -0.449 e. The molecule has 0 saturated heterocycles. The molecule has 0 radical (unpaired) electrons. The quantitative estimate of drug-likeness (QED) is 0.293. The predicted molar refractivity (Wildman–Crippen MR) is 120 cm³/mol. The zero-order chi connectivity index (χ0) is 23.1. The van der Waals surface area contributed by atoms with Gasteiger partial charge in [-0.1, -0.05) is 41.9 Å². The number of carbonyl (C=O) groups excluding carboxylic acids is 2. The summed E-state index contributed by atoms with van der Waals surface area (Å²) in [6.07, 6.45) is 0.204. The summed E-state index contributed by atoms with van der Waals surface area (Å²) in [6.45, 7) is 1.76. The van der Waals surface area contributed by atoms with Gasteiger partial charge >= 0.3 is 5.97 Å². The van der Waals surface area contributed by atoms with Gasteiger partial charge in [-0.2, -0.15) is 0 Å². The highest BCUT2D eigenvalue weighted by Crippen LogP contribution is 2.26. The van der Waals surface area contributed by atoms with E-state index in [-0.39, 0.29) is 22.8 Å². The van der Waals surface area contributed by atoms with Crippen LogP contribution in [0.25, 0.3) is 0 Å². The molecule has 1 aromatic heterocycles. The molecule has 0 saturated carbocycles. The molecule has 32 heavy (non-hydrogen) atoms. The first kappa shape index (κ1) is 22.7. The number of hydrogen-bond acceptors (Lipinski definition) is 7. The molecule has 0 bridgehead atoms. The van der Waals surface area contributed by atoms with E-state index in [4.69, 9.17) is 16.3 Å². The molecule has 3 aromatic rings. The van der Waals surface area contributed by atoms with Crippen LogP contribution in [0.3, 0.4) is 0 Å². The molecule has 164 valence electrons. The Balaban J connectivity index is 1.66. The average molecular weight is 455 g/mol. The normalized spacial score (nSPS) is 11.3. The topological polar surface area (TPSA) is 123 Å². The molecule has 0 spiro atoms. The van der Waals surface area contributed by atoms with Gasteiger partial charge in [0.1, 0.15) is 11.5 Å². The lowest BCUT2D eigenvalue weighted by Gasteiger charge is -2.14. The van der Waals surface area contributed by atoms with Crippen molar-refractivity contribution in [1.82, 2.24) is 4.98 Å². The van der Waals surface area contributed by atoms with Gasteiger partial charge in [0, 0.05) is 18.8 Å². The summed E-state index contributed by atoms with van der Waals surface area (Å²) < 4.78 is 5.15. The van der Waals surface area contributed by atoms with Crippen LogP contribution >= 0.6 is 11.6 Å². The highest BCUT2D eigenvalue weighted by atomic mass is 35.5. The zero-order valence-corrected chi connectivity index (χ0v) is 17.7. The van der Waals surface area contributed by atoms with Crippen molar-refractivity contribution in [3.05, 3.63) is 93.1 Å². The molecule has 9 nitrogen and oxygen atoms in total. The maximum atomic E-state index is 12.4. The third-order valence-corrected chi connectivity index (χ3v) is 4.61. The number of amides is 1. The van der Waals surface area contributed by atoms with E-state index in [9.17, 15) is 19.7 Å². The number of nitrogens with one attached hydrogen (secondary N) is 2. The number of pyridine rings is 1. The van der Waals surface area contributed by atoms with E-state index in [1.807, 2.05) is 30.3 Å². The summed E-state index contributed by atoms with van der Waals surface area (Å²) in [7, 11) is 0. The van der Waals surface area contributed by atoms with Crippen molar-refractivity contribution in [1.29, 1.82) is 0 Å². The number of ether oxygens (including phenoxy) is 1. The van der Waals surface area contributed by atoms with Crippen LogP contribution in [0.5, 0.6) is 0 Å². The van der Waals surface area contributed by atoms with Crippen molar-refractivity contribution in [2.24, 2.45) is 0 Å². The van der Waals surface area contributed by atoms with E-state index in [0.717, 1.165) is 11.6 Å². The van der Waals surface area contributed by atoms with Crippen LogP contribution in [0.2, 0.25) is 5.02 Å². The van der Waals surface area contributed by atoms with Gasteiger partial charge in [0.2, 0.25) is 0 Å². The van der Waals surface area contributed by atoms with E-state index in [0.29, 0.717) is 11.6 Å². The number of halogens is 1. The molecule has 0 aliphatic carbocycles. The number of hydrogen-bond donors (Lipinski definition) is 2. The zero-order valence-electron chi connectivity index (χ0n) is 16.9.